The van der Waals surface area contributed by atoms with Crippen LogP contribution in [0.5, 0.6) is 0 Å². The molecule has 3 rings (SSSR count). The average molecular weight is 356 g/mol. The van der Waals surface area contributed by atoms with Crippen LogP contribution in [0.3, 0.4) is 0 Å². The van der Waals surface area contributed by atoms with Gasteiger partial charge in [-0.25, -0.2) is 4.79 Å². The number of thiophene rings is 1. The van der Waals surface area contributed by atoms with Crippen molar-refractivity contribution < 1.29 is 14.3 Å². The fourth-order valence-corrected chi connectivity index (χ4v) is 4.04. The van der Waals surface area contributed by atoms with Crippen molar-refractivity contribution in [3.05, 3.63) is 52.0 Å². The Morgan fingerprint density at radius 3 is 2.68 bits per heavy atom. The number of benzene rings is 1. The van der Waals surface area contributed by atoms with Gasteiger partial charge in [0.1, 0.15) is 5.00 Å². The van der Waals surface area contributed by atoms with Gasteiger partial charge in [-0.1, -0.05) is 18.2 Å². The van der Waals surface area contributed by atoms with Gasteiger partial charge in [-0.3, -0.25) is 4.79 Å². The van der Waals surface area contributed by atoms with Gasteiger partial charge >= 0.3 is 5.97 Å². The van der Waals surface area contributed by atoms with Crippen molar-refractivity contribution in [3.8, 4) is 0 Å². The second kappa shape index (κ2) is 6.72. The number of amides is 1. The summed E-state index contributed by atoms with van der Waals surface area (Å²) in [6, 6.07) is 7.98. The number of rotatable bonds is 4. The zero-order chi connectivity index (χ0) is 18.1. The maximum Gasteiger partial charge on any atom is 0.341 e. The highest BCUT2D eigenvalue weighted by atomic mass is 32.1. The molecule has 0 radical (unpaired) electrons. The summed E-state index contributed by atoms with van der Waals surface area (Å²) in [5, 5.41) is 4.49. The van der Waals surface area contributed by atoms with Gasteiger partial charge in [0.15, 0.2) is 0 Å². The zero-order valence-corrected chi connectivity index (χ0v) is 15.5. The first-order chi connectivity index (χ1) is 11.9. The Labute approximate surface area is 150 Å². The molecule has 1 aromatic carbocycles. The van der Waals surface area contributed by atoms with E-state index in [1.807, 2.05) is 55.9 Å². The van der Waals surface area contributed by atoms with E-state index < -0.39 is 5.97 Å². The predicted molar refractivity (Wildman–Crippen MR) is 100 cm³/mol. The van der Waals surface area contributed by atoms with Crippen LogP contribution in [0.2, 0.25) is 0 Å². The van der Waals surface area contributed by atoms with Crippen molar-refractivity contribution in [1.82, 2.24) is 4.57 Å². The molecule has 2 aromatic heterocycles. The number of hydrogen-bond acceptors (Lipinski definition) is 4. The number of nitrogens with zero attached hydrogens (tertiary/aromatic N) is 1. The van der Waals surface area contributed by atoms with Gasteiger partial charge in [-0.15, -0.1) is 11.3 Å². The normalized spacial score (nSPS) is 10.9. The van der Waals surface area contributed by atoms with Crippen LogP contribution in [0.25, 0.3) is 10.9 Å². The van der Waals surface area contributed by atoms with Gasteiger partial charge in [0, 0.05) is 29.0 Å². The molecule has 0 saturated heterocycles. The van der Waals surface area contributed by atoms with Crippen molar-refractivity contribution in [3.63, 3.8) is 0 Å². The average Bonchev–Trinajstić information content (AvgIpc) is 3.04. The first-order valence-corrected chi connectivity index (χ1v) is 8.75. The van der Waals surface area contributed by atoms with Crippen LogP contribution in [0.1, 0.15) is 26.4 Å². The Morgan fingerprint density at radius 1 is 1.24 bits per heavy atom. The number of para-hydroxylation sites is 1. The Kier molecular flexibility index (Phi) is 4.63. The molecule has 0 spiro atoms. The SMILES string of the molecule is COC(=O)c1c(NC(=O)Cc2cn(C)c3ccccc23)sc(C)c1C. The summed E-state index contributed by atoms with van der Waals surface area (Å²) in [7, 11) is 3.31. The minimum Gasteiger partial charge on any atom is -0.465 e. The molecule has 6 heteroatoms. The van der Waals surface area contributed by atoms with Gasteiger partial charge in [0.05, 0.1) is 19.1 Å². The molecule has 0 aliphatic carbocycles. The second-order valence-corrected chi connectivity index (χ2v) is 7.21. The Hall–Kier alpha value is -2.60. The van der Waals surface area contributed by atoms with Crippen LogP contribution in [0.4, 0.5) is 5.00 Å². The van der Waals surface area contributed by atoms with E-state index in [2.05, 4.69) is 5.32 Å². The standard InChI is InChI=1S/C19H20N2O3S/c1-11-12(2)25-18(17(11)19(23)24-4)20-16(22)9-13-10-21(3)15-8-6-5-7-14(13)15/h5-8,10H,9H2,1-4H3,(H,20,22). The third kappa shape index (κ3) is 3.17. The summed E-state index contributed by atoms with van der Waals surface area (Å²) in [6.07, 6.45) is 2.22. The fourth-order valence-electron chi connectivity index (χ4n) is 2.97. The molecule has 130 valence electrons. The fraction of sp³-hybridized carbons (Fsp3) is 0.263. The number of ether oxygens (including phenoxy) is 1. The monoisotopic (exact) mass is 356 g/mol. The molecule has 1 N–H and O–H groups in total. The van der Waals surface area contributed by atoms with Crippen LogP contribution in [0.15, 0.2) is 30.5 Å². The molecule has 2 heterocycles. The van der Waals surface area contributed by atoms with Crippen molar-refractivity contribution in [2.45, 2.75) is 20.3 Å². The van der Waals surface area contributed by atoms with E-state index in [9.17, 15) is 9.59 Å². The maximum absolute atomic E-state index is 12.6. The lowest BCUT2D eigenvalue weighted by molar-refractivity contribution is -0.115. The van der Waals surface area contributed by atoms with E-state index in [-0.39, 0.29) is 12.3 Å². The molecule has 25 heavy (non-hydrogen) atoms. The quantitative estimate of drug-likeness (QED) is 0.723. The summed E-state index contributed by atoms with van der Waals surface area (Å²) in [5.74, 6) is -0.579. The van der Waals surface area contributed by atoms with E-state index in [4.69, 9.17) is 4.74 Å². The van der Waals surface area contributed by atoms with Gasteiger partial charge < -0.3 is 14.6 Å². The molecular formula is C19H20N2O3S. The minimum absolute atomic E-state index is 0.150. The highest BCUT2D eigenvalue weighted by Gasteiger charge is 2.22. The van der Waals surface area contributed by atoms with Crippen LogP contribution in [-0.4, -0.2) is 23.6 Å². The van der Waals surface area contributed by atoms with Crippen molar-refractivity contribution in [2.24, 2.45) is 7.05 Å². The smallest absolute Gasteiger partial charge is 0.341 e. The number of aryl methyl sites for hydroxylation is 2. The molecule has 5 nitrogen and oxygen atoms in total. The lowest BCUT2D eigenvalue weighted by Crippen LogP contribution is -2.16. The molecule has 0 aliphatic rings. The van der Waals surface area contributed by atoms with Crippen LogP contribution in [-0.2, 0) is 23.0 Å². The number of esters is 1. The van der Waals surface area contributed by atoms with Crippen LogP contribution >= 0.6 is 11.3 Å². The summed E-state index contributed by atoms with van der Waals surface area (Å²) in [4.78, 5) is 25.6. The van der Waals surface area contributed by atoms with Gasteiger partial charge in [0.25, 0.3) is 0 Å². The van der Waals surface area contributed by atoms with Gasteiger partial charge in [-0.2, -0.15) is 0 Å². The predicted octanol–water partition coefficient (Wildman–Crippen LogP) is 3.82. The number of methoxy groups -OCH3 is 1. The maximum atomic E-state index is 12.6. The minimum atomic E-state index is -0.428. The van der Waals surface area contributed by atoms with E-state index in [1.165, 1.54) is 18.4 Å². The summed E-state index contributed by atoms with van der Waals surface area (Å²) in [6.45, 7) is 3.78. The topological polar surface area (TPSA) is 60.3 Å². The summed E-state index contributed by atoms with van der Waals surface area (Å²) in [5.41, 5.74) is 3.33. The third-order valence-electron chi connectivity index (χ3n) is 4.36. The van der Waals surface area contributed by atoms with E-state index in [0.717, 1.165) is 26.9 Å². The van der Waals surface area contributed by atoms with Crippen LogP contribution < -0.4 is 5.32 Å². The highest BCUT2D eigenvalue weighted by molar-refractivity contribution is 7.16. The largest absolute Gasteiger partial charge is 0.465 e. The lowest BCUT2D eigenvalue weighted by Gasteiger charge is -2.06. The molecule has 3 aromatic rings. The number of hydrogen-bond donors (Lipinski definition) is 1. The molecule has 0 fully saturated rings. The van der Waals surface area contributed by atoms with E-state index >= 15 is 0 Å². The van der Waals surface area contributed by atoms with Gasteiger partial charge in [-0.05, 0) is 31.0 Å². The lowest BCUT2D eigenvalue weighted by atomic mass is 10.1. The van der Waals surface area contributed by atoms with Gasteiger partial charge in [0.2, 0.25) is 5.91 Å². The summed E-state index contributed by atoms with van der Waals surface area (Å²) < 4.78 is 6.86. The highest BCUT2D eigenvalue weighted by Crippen LogP contribution is 2.33. The van der Waals surface area contributed by atoms with E-state index in [0.29, 0.717) is 10.6 Å². The number of aromatic nitrogens is 1. The molecule has 0 atom stereocenters. The van der Waals surface area contributed by atoms with Crippen molar-refractivity contribution in [2.75, 3.05) is 12.4 Å². The molecular weight excluding hydrogens is 336 g/mol. The number of fused-ring (bicyclic) bond motifs is 1. The molecule has 0 saturated carbocycles. The number of nitrogens with one attached hydrogen (secondary N) is 1. The summed E-state index contributed by atoms with van der Waals surface area (Å²) >= 11 is 1.39. The van der Waals surface area contributed by atoms with Crippen molar-refractivity contribution in [1.29, 1.82) is 0 Å². The zero-order valence-electron chi connectivity index (χ0n) is 14.7. The third-order valence-corrected chi connectivity index (χ3v) is 5.48. The molecule has 0 aliphatic heterocycles. The first kappa shape index (κ1) is 17.2. The first-order valence-electron chi connectivity index (χ1n) is 7.93. The van der Waals surface area contributed by atoms with Crippen LogP contribution in [0, 0.1) is 13.8 Å². The number of carbonyl (C=O) groups excluding carboxylic acids is 2. The number of anilines is 1. The molecule has 0 bridgehead atoms. The van der Waals surface area contributed by atoms with Crippen molar-refractivity contribution >= 4 is 39.1 Å². The Bertz CT molecular complexity index is 969. The Morgan fingerprint density at radius 2 is 1.96 bits per heavy atom. The Balaban J connectivity index is 1.86. The molecule has 0 unspecified atom stereocenters. The molecule has 1 amide bonds. The van der Waals surface area contributed by atoms with E-state index in [1.54, 1.807) is 0 Å². The number of carbonyl (C=O) groups is 2. The second-order valence-electron chi connectivity index (χ2n) is 5.99.